The van der Waals surface area contributed by atoms with Gasteiger partial charge < -0.3 is 4.90 Å². The van der Waals surface area contributed by atoms with Crippen molar-refractivity contribution < 1.29 is 0 Å². The average molecular weight is 157 g/mol. The van der Waals surface area contributed by atoms with E-state index in [0.29, 0.717) is 0 Å². The standard InChI is InChI=1S/C9H19N.CH4/c1-7(2)9-5-10(6-9)8(3)4;/h7-9H,5-6H2,1-4H3;1H4. The molecule has 0 aromatic rings. The Bertz CT molecular complexity index is 89.4. The molecule has 1 aliphatic rings. The van der Waals surface area contributed by atoms with E-state index in [1.807, 2.05) is 0 Å². The van der Waals surface area contributed by atoms with Gasteiger partial charge >= 0.3 is 0 Å². The Morgan fingerprint density at radius 2 is 1.55 bits per heavy atom. The molecule has 1 heteroatoms. The van der Waals surface area contributed by atoms with Gasteiger partial charge in [0.2, 0.25) is 0 Å². The van der Waals surface area contributed by atoms with Crippen molar-refractivity contribution >= 4 is 0 Å². The maximum absolute atomic E-state index is 2.53. The molecule has 1 rings (SSSR count). The highest BCUT2D eigenvalue weighted by molar-refractivity contribution is 4.83. The molecule has 0 spiro atoms. The highest BCUT2D eigenvalue weighted by atomic mass is 15.2. The van der Waals surface area contributed by atoms with Crippen molar-refractivity contribution in [3.63, 3.8) is 0 Å². The van der Waals surface area contributed by atoms with Crippen LogP contribution in [0.15, 0.2) is 0 Å². The molecule has 0 unspecified atom stereocenters. The lowest BCUT2D eigenvalue weighted by Crippen LogP contribution is -2.51. The summed E-state index contributed by atoms with van der Waals surface area (Å²) in [6, 6.07) is 0.759. The molecule has 68 valence electrons. The summed E-state index contributed by atoms with van der Waals surface area (Å²) < 4.78 is 0. The summed E-state index contributed by atoms with van der Waals surface area (Å²) in [5.74, 6) is 1.86. The van der Waals surface area contributed by atoms with Gasteiger partial charge in [-0.1, -0.05) is 21.3 Å². The van der Waals surface area contributed by atoms with Crippen LogP contribution in [0.5, 0.6) is 0 Å². The van der Waals surface area contributed by atoms with Gasteiger partial charge in [0.1, 0.15) is 0 Å². The van der Waals surface area contributed by atoms with Crippen molar-refractivity contribution in [2.75, 3.05) is 13.1 Å². The third kappa shape index (κ3) is 2.48. The molecule has 1 heterocycles. The van der Waals surface area contributed by atoms with Crippen molar-refractivity contribution in [3.8, 4) is 0 Å². The molecule has 0 atom stereocenters. The van der Waals surface area contributed by atoms with E-state index in [9.17, 15) is 0 Å². The minimum atomic E-state index is 0. The Morgan fingerprint density at radius 3 is 1.82 bits per heavy atom. The molecule has 1 nitrogen and oxygen atoms in total. The topological polar surface area (TPSA) is 3.24 Å². The summed E-state index contributed by atoms with van der Waals surface area (Å²) in [4.78, 5) is 2.53. The summed E-state index contributed by atoms with van der Waals surface area (Å²) in [7, 11) is 0. The first kappa shape index (κ1) is 11.0. The first-order chi connectivity index (χ1) is 4.61. The Labute approximate surface area is 71.8 Å². The Morgan fingerprint density at radius 1 is 1.09 bits per heavy atom. The lowest BCUT2D eigenvalue weighted by atomic mass is 9.87. The SMILES string of the molecule is C.CC(C)C1CN(C(C)C)C1. The van der Waals surface area contributed by atoms with Gasteiger partial charge in [0.05, 0.1) is 0 Å². The van der Waals surface area contributed by atoms with Crippen LogP contribution in [0, 0.1) is 11.8 Å². The van der Waals surface area contributed by atoms with Gasteiger partial charge in [-0.15, -0.1) is 0 Å². The molecule has 0 amide bonds. The minimum absolute atomic E-state index is 0. The van der Waals surface area contributed by atoms with E-state index in [4.69, 9.17) is 0 Å². The van der Waals surface area contributed by atoms with Gasteiger partial charge in [0.25, 0.3) is 0 Å². The van der Waals surface area contributed by atoms with Crippen molar-refractivity contribution in [2.45, 2.75) is 41.2 Å². The highest BCUT2D eigenvalue weighted by Gasteiger charge is 2.29. The first-order valence-corrected chi connectivity index (χ1v) is 4.35. The van der Waals surface area contributed by atoms with E-state index in [0.717, 1.165) is 17.9 Å². The number of likely N-dealkylation sites (tertiary alicyclic amines) is 1. The van der Waals surface area contributed by atoms with Crippen molar-refractivity contribution in [1.82, 2.24) is 4.90 Å². The van der Waals surface area contributed by atoms with Crippen LogP contribution in [0.1, 0.15) is 35.1 Å². The molecule has 1 fully saturated rings. The van der Waals surface area contributed by atoms with Crippen LogP contribution >= 0.6 is 0 Å². The van der Waals surface area contributed by atoms with Crippen LogP contribution in [0.4, 0.5) is 0 Å². The predicted molar refractivity (Wildman–Crippen MR) is 51.8 cm³/mol. The largest absolute Gasteiger partial charge is 0.300 e. The van der Waals surface area contributed by atoms with E-state index in [-0.39, 0.29) is 7.43 Å². The molecule has 1 saturated heterocycles. The molecule has 0 aromatic carbocycles. The fourth-order valence-corrected chi connectivity index (χ4v) is 1.39. The maximum atomic E-state index is 2.53. The number of rotatable bonds is 2. The summed E-state index contributed by atoms with van der Waals surface area (Å²) in [5.41, 5.74) is 0. The molecule has 0 aliphatic carbocycles. The summed E-state index contributed by atoms with van der Waals surface area (Å²) in [5, 5.41) is 0. The van der Waals surface area contributed by atoms with Crippen LogP contribution < -0.4 is 0 Å². The molecule has 1 aliphatic heterocycles. The van der Waals surface area contributed by atoms with Gasteiger partial charge in [-0.3, -0.25) is 0 Å². The molecular formula is C10H23N. The van der Waals surface area contributed by atoms with E-state index in [1.54, 1.807) is 0 Å². The van der Waals surface area contributed by atoms with Crippen molar-refractivity contribution in [1.29, 1.82) is 0 Å². The molecule has 0 bridgehead atoms. The second-order valence-corrected chi connectivity index (χ2v) is 4.05. The zero-order chi connectivity index (χ0) is 7.72. The lowest BCUT2D eigenvalue weighted by molar-refractivity contribution is 0.0408. The average Bonchev–Trinajstić information content (AvgIpc) is 1.56. The second-order valence-electron chi connectivity index (χ2n) is 4.05. The van der Waals surface area contributed by atoms with E-state index < -0.39 is 0 Å². The summed E-state index contributed by atoms with van der Waals surface area (Å²) >= 11 is 0. The highest BCUT2D eigenvalue weighted by Crippen LogP contribution is 2.24. The van der Waals surface area contributed by atoms with E-state index in [2.05, 4.69) is 32.6 Å². The monoisotopic (exact) mass is 157 g/mol. The minimum Gasteiger partial charge on any atom is -0.300 e. The Hall–Kier alpha value is -0.0400. The van der Waals surface area contributed by atoms with Crippen LogP contribution in [0.2, 0.25) is 0 Å². The van der Waals surface area contributed by atoms with Crippen LogP contribution in [-0.4, -0.2) is 24.0 Å². The number of nitrogens with zero attached hydrogens (tertiary/aromatic N) is 1. The smallest absolute Gasteiger partial charge is 0.00388 e. The quantitative estimate of drug-likeness (QED) is 0.595. The molecule has 0 aromatic heterocycles. The zero-order valence-electron chi connectivity index (χ0n) is 7.59. The summed E-state index contributed by atoms with van der Waals surface area (Å²) in [6.07, 6.45) is 0. The third-order valence-corrected chi connectivity index (χ3v) is 2.61. The van der Waals surface area contributed by atoms with Crippen LogP contribution in [0.3, 0.4) is 0 Å². The van der Waals surface area contributed by atoms with Crippen LogP contribution in [-0.2, 0) is 0 Å². The van der Waals surface area contributed by atoms with Gasteiger partial charge in [-0.2, -0.15) is 0 Å². The molecule has 11 heavy (non-hydrogen) atoms. The molecule has 0 radical (unpaired) electrons. The van der Waals surface area contributed by atoms with E-state index in [1.165, 1.54) is 13.1 Å². The Balaban J connectivity index is 0.000001000. The lowest BCUT2D eigenvalue weighted by Gasteiger charge is -2.44. The van der Waals surface area contributed by atoms with Crippen molar-refractivity contribution in [2.24, 2.45) is 11.8 Å². The molecular weight excluding hydrogens is 134 g/mol. The fourth-order valence-electron chi connectivity index (χ4n) is 1.39. The summed E-state index contributed by atoms with van der Waals surface area (Å²) in [6.45, 7) is 11.8. The van der Waals surface area contributed by atoms with Gasteiger partial charge in [-0.05, 0) is 25.7 Å². The second kappa shape index (κ2) is 4.10. The van der Waals surface area contributed by atoms with Gasteiger partial charge in [-0.25, -0.2) is 0 Å². The maximum Gasteiger partial charge on any atom is 0.00388 e. The first-order valence-electron chi connectivity index (χ1n) is 4.35. The van der Waals surface area contributed by atoms with E-state index >= 15 is 0 Å². The normalized spacial score (nSPS) is 20.2. The third-order valence-electron chi connectivity index (χ3n) is 2.61. The van der Waals surface area contributed by atoms with Crippen LogP contribution in [0.25, 0.3) is 0 Å². The Kier molecular flexibility index (Phi) is 4.09. The fraction of sp³-hybridized carbons (Fsp3) is 1.00. The van der Waals surface area contributed by atoms with Gasteiger partial charge in [0.15, 0.2) is 0 Å². The predicted octanol–water partition coefficient (Wildman–Crippen LogP) is 2.62. The molecule has 0 N–H and O–H groups in total. The molecule has 0 saturated carbocycles. The number of hydrogen-bond donors (Lipinski definition) is 0. The van der Waals surface area contributed by atoms with Gasteiger partial charge in [0, 0.05) is 19.1 Å². The van der Waals surface area contributed by atoms with Crippen molar-refractivity contribution in [3.05, 3.63) is 0 Å². The number of hydrogen-bond acceptors (Lipinski definition) is 1. The zero-order valence-corrected chi connectivity index (χ0v) is 7.59.